The van der Waals surface area contributed by atoms with E-state index in [4.69, 9.17) is 4.74 Å². The number of pyridine rings is 1. The van der Waals surface area contributed by atoms with E-state index in [1.54, 1.807) is 30.5 Å². The number of likely N-dealkylation sites (tertiary alicyclic amines) is 1. The van der Waals surface area contributed by atoms with Crippen molar-refractivity contribution in [3.63, 3.8) is 0 Å². The summed E-state index contributed by atoms with van der Waals surface area (Å²) in [6, 6.07) is 16.5. The average Bonchev–Trinajstić information content (AvgIpc) is 3.00. The zero-order chi connectivity index (χ0) is 31.5. The van der Waals surface area contributed by atoms with E-state index in [1.165, 1.54) is 4.90 Å². The predicted octanol–water partition coefficient (Wildman–Crippen LogP) is 7.27. The number of halogens is 6. The lowest BCUT2D eigenvalue weighted by Crippen LogP contribution is -2.49. The fraction of sp³-hybridized carbons (Fsp3) is 0.281. The van der Waals surface area contributed by atoms with Crippen molar-refractivity contribution in [3.8, 4) is 0 Å². The van der Waals surface area contributed by atoms with Gasteiger partial charge >= 0.3 is 12.4 Å². The van der Waals surface area contributed by atoms with E-state index in [0.29, 0.717) is 37.1 Å². The molecule has 2 heterocycles. The Labute approximate surface area is 248 Å². The number of fused-ring (bicyclic) bond motifs is 1. The molecule has 2 atom stereocenters. The number of anilines is 1. The fourth-order valence-electron chi connectivity index (χ4n) is 5.44. The van der Waals surface area contributed by atoms with E-state index in [2.05, 4.69) is 10.3 Å². The lowest BCUT2D eigenvalue weighted by Gasteiger charge is -2.40. The number of para-hydroxylation sites is 1. The Morgan fingerprint density at radius 2 is 1.64 bits per heavy atom. The Morgan fingerprint density at radius 3 is 2.30 bits per heavy atom. The van der Waals surface area contributed by atoms with Gasteiger partial charge in [-0.3, -0.25) is 14.6 Å². The third-order valence-corrected chi connectivity index (χ3v) is 7.63. The summed E-state index contributed by atoms with van der Waals surface area (Å²) in [4.78, 5) is 30.1. The molecule has 1 saturated heterocycles. The van der Waals surface area contributed by atoms with Gasteiger partial charge in [0.05, 0.1) is 29.4 Å². The molecule has 1 aromatic heterocycles. The highest BCUT2D eigenvalue weighted by molar-refractivity contribution is 5.95. The van der Waals surface area contributed by atoms with Crippen LogP contribution in [0.25, 0.3) is 10.9 Å². The van der Waals surface area contributed by atoms with Crippen LogP contribution in [0.5, 0.6) is 0 Å². The van der Waals surface area contributed by atoms with Crippen molar-refractivity contribution in [2.45, 2.75) is 50.4 Å². The Hall–Kier alpha value is -4.45. The summed E-state index contributed by atoms with van der Waals surface area (Å²) in [6.45, 7) is 0.316. The second-order valence-electron chi connectivity index (χ2n) is 10.6. The van der Waals surface area contributed by atoms with Gasteiger partial charge in [-0.1, -0.05) is 30.3 Å². The molecule has 6 nitrogen and oxygen atoms in total. The first-order valence-electron chi connectivity index (χ1n) is 13.8. The van der Waals surface area contributed by atoms with Crippen LogP contribution in [0.4, 0.5) is 32.0 Å². The quantitative estimate of drug-likeness (QED) is 0.167. The number of rotatable bonds is 8. The summed E-state index contributed by atoms with van der Waals surface area (Å²) in [5.74, 6) is -0.926. The largest absolute Gasteiger partial charge is 0.416 e. The molecular weight excluding hydrogens is 588 g/mol. The van der Waals surface area contributed by atoms with Crippen molar-refractivity contribution in [3.05, 3.63) is 107 Å². The van der Waals surface area contributed by atoms with Crippen LogP contribution in [0.3, 0.4) is 0 Å². The van der Waals surface area contributed by atoms with Crippen molar-refractivity contribution in [1.29, 1.82) is 0 Å². The number of hydrogen-bond acceptors (Lipinski definition) is 4. The molecule has 1 fully saturated rings. The number of piperidine rings is 1. The number of nitrogens with zero attached hydrogens (tertiary/aromatic N) is 2. The Balaban J connectivity index is 1.41. The third-order valence-electron chi connectivity index (χ3n) is 7.63. The molecule has 230 valence electrons. The number of amides is 2. The standard InChI is InChI=1S/C32H27F6N3O3/c33-31(34,35)23-14-22(15-24(16-23)32(36,37)38)30(43)41-12-10-27(17-26(41)13-20-5-7-25(8-6-20)40-19-42)44-18-21-9-11-39-29-4-2-1-3-28(21)29/h1-9,11,14-16,19,26-27H,10,12-13,17-18H2,(H,40,42)/t26-,27+/m1/s1. The summed E-state index contributed by atoms with van der Waals surface area (Å²) in [6.07, 6.45) is -7.40. The van der Waals surface area contributed by atoms with Gasteiger partial charge in [0.15, 0.2) is 0 Å². The van der Waals surface area contributed by atoms with Gasteiger partial charge in [0.2, 0.25) is 6.41 Å². The van der Waals surface area contributed by atoms with Crippen molar-refractivity contribution >= 4 is 28.9 Å². The first kappa shape index (κ1) is 31.0. The molecule has 4 aromatic rings. The maximum Gasteiger partial charge on any atom is 0.416 e. The summed E-state index contributed by atoms with van der Waals surface area (Å²) in [5.41, 5.74) is -0.780. The molecule has 1 N–H and O–H groups in total. The van der Waals surface area contributed by atoms with E-state index in [9.17, 15) is 35.9 Å². The third kappa shape index (κ3) is 7.19. The molecule has 5 rings (SSSR count). The number of carbonyl (C=O) groups is 2. The van der Waals surface area contributed by atoms with Crippen LogP contribution in [-0.4, -0.2) is 40.9 Å². The van der Waals surface area contributed by atoms with Crippen LogP contribution in [0.2, 0.25) is 0 Å². The summed E-state index contributed by atoms with van der Waals surface area (Å²) < 4.78 is 87.4. The van der Waals surface area contributed by atoms with E-state index in [0.717, 1.165) is 22.0 Å². The van der Waals surface area contributed by atoms with Crippen LogP contribution in [0, 0.1) is 0 Å². The average molecular weight is 616 g/mol. The molecule has 0 aliphatic carbocycles. The van der Waals surface area contributed by atoms with Gasteiger partial charge in [0, 0.05) is 35.4 Å². The van der Waals surface area contributed by atoms with Crippen LogP contribution < -0.4 is 5.32 Å². The Bertz CT molecular complexity index is 1600. The van der Waals surface area contributed by atoms with Crippen molar-refractivity contribution in [2.24, 2.45) is 0 Å². The highest BCUT2D eigenvalue weighted by Crippen LogP contribution is 2.37. The molecule has 1 aliphatic rings. The van der Waals surface area contributed by atoms with Gasteiger partial charge < -0.3 is 15.0 Å². The number of hydrogen-bond donors (Lipinski definition) is 1. The highest BCUT2D eigenvalue weighted by atomic mass is 19.4. The van der Waals surface area contributed by atoms with Gasteiger partial charge in [0.1, 0.15) is 0 Å². The molecule has 0 bridgehead atoms. The van der Waals surface area contributed by atoms with Gasteiger partial charge in [-0.2, -0.15) is 26.3 Å². The van der Waals surface area contributed by atoms with Crippen LogP contribution in [0.1, 0.15) is 45.5 Å². The number of alkyl halides is 6. The zero-order valence-corrected chi connectivity index (χ0v) is 23.2. The maximum absolute atomic E-state index is 13.6. The molecule has 1 aliphatic heterocycles. The SMILES string of the molecule is O=CNc1ccc(C[C@@H]2C[C@@H](OCc3ccnc4ccccc34)CCN2C(=O)c2cc(C(F)(F)F)cc(C(F)(F)F)c2)cc1. The smallest absolute Gasteiger partial charge is 0.373 e. The van der Waals surface area contributed by atoms with Crippen LogP contribution in [0.15, 0.2) is 79.0 Å². The first-order chi connectivity index (χ1) is 20.9. The second kappa shape index (κ2) is 12.7. The summed E-state index contributed by atoms with van der Waals surface area (Å²) >= 11 is 0. The van der Waals surface area contributed by atoms with Crippen molar-refractivity contribution in [1.82, 2.24) is 9.88 Å². The number of carbonyl (C=O) groups excluding carboxylic acids is 2. The zero-order valence-electron chi connectivity index (χ0n) is 23.2. The van der Waals surface area contributed by atoms with Crippen LogP contribution in [-0.2, 0) is 34.9 Å². The topological polar surface area (TPSA) is 71.5 Å². The minimum absolute atomic E-state index is 0.00601. The highest BCUT2D eigenvalue weighted by Gasteiger charge is 2.39. The van der Waals surface area contributed by atoms with E-state index in [-0.39, 0.29) is 31.7 Å². The minimum atomic E-state index is -5.08. The molecular formula is C32H27F6N3O3. The Morgan fingerprint density at radius 1 is 0.955 bits per heavy atom. The van der Waals surface area contributed by atoms with Gasteiger partial charge in [-0.05, 0) is 72.9 Å². The molecule has 3 aromatic carbocycles. The van der Waals surface area contributed by atoms with E-state index < -0.39 is 41.0 Å². The van der Waals surface area contributed by atoms with Crippen molar-refractivity contribution in [2.75, 3.05) is 11.9 Å². The van der Waals surface area contributed by atoms with Gasteiger partial charge in [-0.25, -0.2) is 0 Å². The predicted molar refractivity (Wildman–Crippen MR) is 151 cm³/mol. The lowest BCUT2D eigenvalue weighted by molar-refractivity contribution is -0.143. The first-order valence-corrected chi connectivity index (χ1v) is 13.8. The minimum Gasteiger partial charge on any atom is -0.373 e. The molecule has 0 radical (unpaired) electrons. The maximum atomic E-state index is 13.6. The Kier molecular flexibility index (Phi) is 8.91. The van der Waals surface area contributed by atoms with Gasteiger partial charge in [-0.15, -0.1) is 0 Å². The number of nitrogens with one attached hydrogen (secondary N) is 1. The van der Waals surface area contributed by atoms with E-state index >= 15 is 0 Å². The second-order valence-corrected chi connectivity index (χ2v) is 10.6. The van der Waals surface area contributed by atoms with E-state index in [1.807, 2.05) is 30.3 Å². The van der Waals surface area contributed by atoms with Crippen LogP contribution >= 0.6 is 0 Å². The molecule has 44 heavy (non-hydrogen) atoms. The molecule has 12 heteroatoms. The summed E-state index contributed by atoms with van der Waals surface area (Å²) in [5, 5.41) is 3.44. The monoisotopic (exact) mass is 615 g/mol. The molecule has 0 saturated carbocycles. The molecule has 0 unspecified atom stereocenters. The summed E-state index contributed by atoms with van der Waals surface area (Å²) in [7, 11) is 0. The molecule has 2 amide bonds. The number of benzene rings is 3. The van der Waals surface area contributed by atoms with Crippen molar-refractivity contribution < 1.29 is 40.7 Å². The number of aromatic nitrogens is 1. The van der Waals surface area contributed by atoms with Gasteiger partial charge in [0.25, 0.3) is 5.91 Å². The lowest BCUT2D eigenvalue weighted by atomic mass is 9.92. The number of ether oxygens (including phenoxy) is 1. The molecule has 0 spiro atoms. The normalized spacial score (nSPS) is 17.5. The fourth-order valence-corrected chi connectivity index (χ4v) is 5.44.